The van der Waals surface area contributed by atoms with Crippen LogP contribution in [0.5, 0.6) is 11.5 Å². The minimum Gasteiger partial charge on any atom is -0.504 e. The number of phenols is 2. The average molecular weight is 274 g/mol. The third-order valence-electron chi connectivity index (χ3n) is 5.30. The van der Waals surface area contributed by atoms with Crippen molar-refractivity contribution in [1.29, 1.82) is 0 Å². The highest BCUT2D eigenvalue weighted by Crippen LogP contribution is 2.46. The number of phenolic OH excluding ortho intramolecular Hbond substituents is 2. The Kier molecular flexibility index (Phi) is 4.18. The van der Waals surface area contributed by atoms with Gasteiger partial charge in [0, 0.05) is 11.1 Å². The molecule has 0 aliphatic heterocycles. The molecule has 0 saturated heterocycles. The topological polar surface area (TPSA) is 40.5 Å². The largest absolute Gasteiger partial charge is 0.504 e. The van der Waals surface area contributed by atoms with Crippen LogP contribution in [0.4, 0.5) is 0 Å². The summed E-state index contributed by atoms with van der Waals surface area (Å²) in [7, 11) is 0. The van der Waals surface area contributed by atoms with Gasteiger partial charge >= 0.3 is 0 Å². The van der Waals surface area contributed by atoms with E-state index >= 15 is 0 Å². The monoisotopic (exact) mass is 274 g/mol. The molecule has 2 nitrogen and oxygen atoms in total. The first-order chi connectivity index (χ1) is 9.77. The zero-order valence-corrected chi connectivity index (χ0v) is 12.3. The van der Waals surface area contributed by atoms with Crippen molar-refractivity contribution >= 4 is 0 Å². The molecule has 0 bridgehead atoms. The van der Waals surface area contributed by atoms with Gasteiger partial charge in [-0.1, -0.05) is 50.7 Å². The summed E-state index contributed by atoms with van der Waals surface area (Å²) in [6, 6.07) is 4.16. The summed E-state index contributed by atoms with van der Waals surface area (Å²) in [6.45, 7) is 0. The molecule has 20 heavy (non-hydrogen) atoms. The molecule has 1 aromatic carbocycles. The molecule has 2 aliphatic rings. The Morgan fingerprint density at radius 3 is 1.30 bits per heavy atom. The van der Waals surface area contributed by atoms with Crippen LogP contribution in [0, 0.1) is 0 Å². The summed E-state index contributed by atoms with van der Waals surface area (Å²) >= 11 is 0. The molecule has 3 rings (SSSR count). The molecule has 0 unspecified atom stereocenters. The quantitative estimate of drug-likeness (QED) is 0.728. The van der Waals surface area contributed by atoms with Crippen molar-refractivity contribution in [3.05, 3.63) is 23.3 Å². The summed E-state index contributed by atoms with van der Waals surface area (Å²) in [5, 5.41) is 20.8. The van der Waals surface area contributed by atoms with Gasteiger partial charge in [0.25, 0.3) is 0 Å². The van der Waals surface area contributed by atoms with Crippen LogP contribution < -0.4 is 0 Å². The Balaban J connectivity index is 1.85. The Morgan fingerprint density at radius 2 is 0.950 bits per heavy atom. The summed E-state index contributed by atoms with van der Waals surface area (Å²) in [5.41, 5.74) is 1.95. The predicted molar refractivity (Wildman–Crippen MR) is 81.4 cm³/mol. The van der Waals surface area contributed by atoms with Crippen LogP contribution in [0.1, 0.15) is 87.2 Å². The van der Waals surface area contributed by atoms with Gasteiger partial charge in [-0.2, -0.15) is 0 Å². The first-order valence-corrected chi connectivity index (χ1v) is 8.32. The second kappa shape index (κ2) is 6.07. The summed E-state index contributed by atoms with van der Waals surface area (Å²) in [4.78, 5) is 0. The number of hydrogen-bond acceptors (Lipinski definition) is 2. The standard InChI is InChI=1S/C18H26O2/c19-17-15(13-7-3-1-4-8-13)11-12-16(18(17)20)14-9-5-2-6-10-14/h11-14,19-20H,1-10H2. The molecule has 0 amide bonds. The van der Waals surface area contributed by atoms with E-state index in [2.05, 4.69) is 12.1 Å². The van der Waals surface area contributed by atoms with E-state index in [1.807, 2.05) is 0 Å². The van der Waals surface area contributed by atoms with Crippen LogP contribution in [0.25, 0.3) is 0 Å². The van der Waals surface area contributed by atoms with Crippen molar-refractivity contribution in [2.75, 3.05) is 0 Å². The van der Waals surface area contributed by atoms with Gasteiger partial charge in [0.05, 0.1) is 0 Å². The molecule has 2 fully saturated rings. The molecule has 2 N–H and O–H groups in total. The highest BCUT2D eigenvalue weighted by Gasteiger charge is 2.25. The maximum atomic E-state index is 10.4. The Morgan fingerprint density at radius 1 is 0.600 bits per heavy atom. The highest BCUT2D eigenvalue weighted by atomic mass is 16.3. The number of hydrogen-bond donors (Lipinski definition) is 2. The van der Waals surface area contributed by atoms with E-state index in [1.165, 1.54) is 38.5 Å². The number of rotatable bonds is 2. The maximum Gasteiger partial charge on any atom is 0.161 e. The first kappa shape index (κ1) is 13.8. The smallest absolute Gasteiger partial charge is 0.161 e. The van der Waals surface area contributed by atoms with E-state index in [0.717, 1.165) is 36.8 Å². The minimum absolute atomic E-state index is 0.167. The number of aromatic hydroxyl groups is 2. The van der Waals surface area contributed by atoms with E-state index in [1.54, 1.807) is 0 Å². The molecule has 0 aromatic heterocycles. The van der Waals surface area contributed by atoms with Gasteiger partial charge in [0.2, 0.25) is 0 Å². The van der Waals surface area contributed by atoms with Crippen molar-refractivity contribution < 1.29 is 10.2 Å². The van der Waals surface area contributed by atoms with Gasteiger partial charge in [0.15, 0.2) is 11.5 Å². The molecule has 110 valence electrons. The van der Waals surface area contributed by atoms with E-state index in [0.29, 0.717) is 11.8 Å². The van der Waals surface area contributed by atoms with Gasteiger partial charge < -0.3 is 10.2 Å². The third-order valence-corrected chi connectivity index (χ3v) is 5.30. The average Bonchev–Trinajstić information content (AvgIpc) is 2.52. The van der Waals surface area contributed by atoms with Crippen LogP contribution in [0.3, 0.4) is 0 Å². The molecule has 2 aliphatic carbocycles. The number of benzene rings is 1. The molecule has 0 atom stereocenters. The van der Waals surface area contributed by atoms with Crippen LogP contribution in [-0.4, -0.2) is 10.2 Å². The summed E-state index contributed by atoms with van der Waals surface area (Å²) in [5.74, 6) is 1.21. The summed E-state index contributed by atoms with van der Waals surface area (Å²) < 4.78 is 0. The van der Waals surface area contributed by atoms with Crippen LogP contribution >= 0.6 is 0 Å². The molecule has 2 heteroatoms. The Hall–Kier alpha value is -1.18. The maximum absolute atomic E-state index is 10.4. The second-order valence-corrected chi connectivity index (χ2v) is 6.61. The molecule has 0 spiro atoms. The lowest BCUT2D eigenvalue weighted by Gasteiger charge is -2.26. The third kappa shape index (κ3) is 2.65. The van der Waals surface area contributed by atoms with Crippen LogP contribution in [0.2, 0.25) is 0 Å². The first-order valence-electron chi connectivity index (χ1n) is 8.32. The zero-order valence-electron chi connectivity index (χ0n) is 12.3. The van der Waals surface area contributed by atoms with E-state index < -0.39 is 0 Å². The lowest BCUT2D eigenvalue weighted by Crippen LogP contribution is -2.08. The fraction of sp³-hybridized carbons (Fsp3) is 0.667. The Labute approximate surface area is 121 Å². The second-order valence-electron chi connectivity index (χ2n) is 6.61. The normalized spacial score (nSPS) is 22.0. The Bertz CT molecular complexity index is 412. The van der Waals surface area contributed by atoms with Crippen molar-refractivity contribution in [3.8, 4) is 11.5 Å². The van der Waals surface area contributed by atoms with Gasteiger partial charge in [-0.15, -0.1) is 0 Å². The van der Waals surface area contributed by atoms with E-state index in [9.17, 15) is 10.2 Å². The molecule has 0 heterocycles. The van der Waals surface area contributed by atoms with Crippen molar-refractivity contribution in [1.82, 2.24) is 0 Å². The van der Waals surface area contributed by atoms with Gasteiger partial charge in [0.1, 0.15) is 0 Å². The lowest BCUT2D eigenvalue weighted by atomic mass is 9.80. The minimum atomic E-state index is 0.167. The van der Waals surface area contributed by atoms with Crippen molar-refractivity contribution in [3.63, 3.8) is 0 Å². The molecule has 1 aromatic rings. The summed E-state index contributed by atoms with van der Waals surface area (Å²) in [6.07, 6.45) is 12.2. The highest BCUT2D eigenvalue weighted by molar-refractivity contribution is 5.52. The molecular weight excluding hydrogens is 248 g/mol. The van der Waals surface area contributed by atoms with Gasteiger partial charge in [-0.05, 0) is 37.5 Å². The molecule has 0 radical (unpaired) electrons. The fourth-order valence-corrected chi connectivity index (χ4v) is 4.10. The van der Waals surface area contributed by atoms with Crippen LogP contribution in [-0.2, 0) is 0 Å². The van der Waals surface area contributed by atoms with Gasteiger partial charge in [-0.25, -0.2) is 0 Å². The van der Waals surface area contributed by atoms with E-state index in [4.69, 9.17) is 0 Å². The predicted octanol–water partition coefficient (Wildman–Crippen LogP) is 5.19. The molecule has 2 saturated carbocycles. The van der Waals surface area contributed by atoms with Gasteiger partial charge in [-0.3, -0.25) is 0 Å². The zero-order chi connectivity index (χ0) is 13.9. The lowest BCUT2D eigenvalue weighted by molar-refractivity contribution is 0.366. The van der Waals surface area contributed by atoms with Crippen LogP contribution in [0.15, 0.2) is 12.1 Å². The SMILES string of the molecule is Oc1c(C2CCCCC2)ccc(C2CCCCC2)c1O. The van der Waals surface area contributed by atoms with Crippen molar-refractivity contribution in [2.45, 2.75) is 76.0 Å². The van der Waals surface area contributed by atoms with Crippen molar-refractivity contribution in [2.24, 2.45) is 0 Å². The fourth-order valence-electron chi connectivity index (χ4n) is 4.10. The van der Waals surface area contributed by atoms with E-state index in [-0.39, 0.29) is 11.5 Å². The molecular formula is C18H26O2.